The van der Waals surface area contributed by atoms with E-state index in [2.05, 4.69) is 29.2 Å². The van der Waals surface area contributed by atoms with Crippen LogP contribution in [-0.4, -0.2) is 15.8 Å². The van der Waals surface area contributed by atoms with Gasteiger partial charge in [-0.25, -0.2) is 0 Å². The predicted octanol–water partition coefficient (Wildman–Crippen LogP) is 4.06. The highest BCUT2D eigenvalue weighted by Crippen LogP contribution is 2.27. The number of aromatic nitrogens is 2. The van der Waals surface area contributed by atoms with Gasteiger partial charge in [0.2, 0.25) is 0 Å². The van der Waals surface area contributed by atoms with E-state index in [1.54, 1.807) is 0 Å². The standard InChI is InChI=1S/C17H29N3/c1-14-7-9-15(10-8-14)18-13-16-11-12-20(19-16)17-5-3-2-4-6-17/h11-12,14-15,17-18H,2-10,13H2,1H3. The van der Waals surface area contributed by atoms with E-state index < -0.39 is 0 Å². The second-order valence-electron chi connectivity index (χ2n) is 6.92. The molecule has 3 rings (SSSR count). The van der Waals surface area contributed by atoms with Gasteiger partial charge in [-0.1, -0.05) is 26.2 Å². The number of hydrogen-bond acceptors (Lipinski definition) is 2. The Bertz CT molecular complexity index is 398. The lowest BCUT2D eigenvalue weighted by atomic mass is 9.87. The minimum atomic E-state index is 0.660. The molecule has 0 spiro atoms. The van der Waals surface area contributed by atoms with E-state index in [-0.39, 0.29) is 0 Å². The molecule has 0 unspecified atom stereocenters. The molecule has 1 aromatic heterocycles. The smallest absolute Gasteiger partial charge is 0.0762 e. The van der Waals surface area contributed by atoms with Gasteiger partial charge in [-0.05, 0) is 50.5 Å². The van der Waals surface area contributed by atoms with Crippen LogP contribution in [0.5, 0.6) is 0 Å². The third-order valence-corrected chi connectivity index (χ3v) is 5.20. The maximum atomic E-state index is 4.79. The first-order valence-corrected chi connectivity index (χ1v) is 8.58. The van der Waals surface area contributed by atoms with E-state index in [4.69, 9.17) is 5.10 Å². The summed E-state index contributed by atoms with van der Waals surface area (Å²) in [5.41, 5.74) is 1.22. The summed E-state index contributed by atoms with van der Waals surface area (Å²) in [7, 11) is 0. The minimum Gasteiger partial charge on any atom is -0.308 e. The molecule has 2 aliphatic carbocycles. The first kappa shape index (κ1) is 14.1. The maximum absolute atomic E-state index is 4.79. The SMILES string of the molecule is CC1CCC(NCc2ccn(C3CCCCC3)n2)CC1. The number of hydrogen-bond donors (Lipinski definition) is 1. The molecule has 3 nitrogen and oxygen atoms in total. The second-order valence-corrected chi connectivity index (χ2v) is 6.92. The molecule has 20 heavy (non-hydrogen) atoms. The average Bonchev–Trinajstić information content (AvgIpc) is 2.97. The van der Waals surface area contributed by atoms with Crippen LogP contribution in [0.15, 0.2) is 12.3 Å². The summed E-state index contributed by atoms with van der Waals surface area (Å²) in [5, 5.41) is 8.49. The average molecular weight is 275 g/mol. The van der Waals surface area contributed by atoms with Crippen LogP contribution >= 0.6 is 0 Å². The first-order valence-electron chi connectivity index (χ1n) is 8.58. The van der Waals surface area contributed by atoms with Crippen molar-refractivity contribution >= 4 is 0 Å². The predicted molar refractivity (Wildman–Crippen MR) is 82.6 cm³/mol. The largest absolute Gasteiger partial charge is 0.308 e. The molecule has 0 amide bonds. The zero-order valence-corrected chi connectivity index (χ0v) is 12.9. The Labute approximate surface area is 123 Å². The van der Waals surface area contributed by atoms with Crippen LogP contribution in [0.2, 0.25) is 0 Å². The lowest BCUT2D eigenvalue weighted by Gasteiger charge is -2.26. The lowest BCUT2D eigenvalue weighted by Crippen LogP contribution is -2.32. The van der Waals surface area contributed by atoms with E-state index in [1.165, 1.54) is 63.5 Å². The van der Waals surface area contributed by atoms with Crippen molar-refractivity contribution in [2.75, 3.05) is 0 Å². The quantitative estimate of drug-likeness (QED) is 0.898. The molecular weight excluding hydrogens is 246 g/mol. The molecule has 0 radical (unpaired) electrons. The Hall–Kier alpha value is -0.830. The molecule has 1 heterocycles. The molecule has 0 saturated heterocycles. The van der Waals surface area contributed by atoms with Gasteiger partial charge in [0.05, 0.1) is 11.7 Å². The summed E-state index contributed by atoms with van der Waals surface area (Å²) >= 11 is 0. The second kappa shape index (κ2) is 6.75. The summed E-state index contributed by atoms with van der Waals surface area (Å²) in [5.74, 6) is 0.929. The number of nitrogens with one attached hydrogen (secondary N) is 1. The van der Waals surface area contributed by atoms with Crippen molar-refractivity contribution in [2.45, 2.75) is 83.3 Å². The highest BCUT2D eigenvalue weighted by molar-refractivity contribution is 5.00. The molecule has 0 atom stereocenters. The Kier molecular flexibility index (Phi) is 4.77. The van der Waals surface area contributed by atoms with Gasteiger partial charge in [-0.2, -0.15) is 5.10 Å². The lowest BCUT2D eigenvalue weighted by molar-refractivity contribution is 0.303. The van der Waals surface area contributed by atoms with E-state index in [0.717, 1.165) is 12.5 Å². The van der Waals surface area contributed by atoms with Gasteiger partial charge in [0.1, 0.15) is 0 Å². The molecule has 0 aromatic carbocycles. The third kappa shape index (κ3) is 3.63. The van der Waals surface area contributed by atoms with E-state index in [0.29, 0.717) is 12.1 Å². The van der Waals surface area contributed by atoms with Crippen molar-refractivity contribution in [3.8, 4) is 0 Å². The van der Waals surface area contributed by atoms with Crippen molar-refractivity contribution in [2.24, 2.45) is 5.92 Å². The molecule has 2 aliphatic rings. The normalized spacial score (nSPS) is 28.6. The maximum Gasteiger partial charge on any atom is 0.0762 e. The molecule has 2 fully saturated rings. The van der Waals surface area contributed by atoms with Crippen LogP contribution < -0.4 is 5.32 Å². The summed E-state index contributed by atoms with van der Waals surface area (Å²) in [6.07, 6.45) is 14.4. The number of nitrogens with zero attached hydrogens (tertiary/aromatic N) is 2. The topological polar surface area (TPSA) is 29.9 Å². The molecule has 1 N–H and O–H groups in total. The van der Waals surface area contributed by atoms with E-state index in [1.807, 2.05) is 0 Å². The minimum absolute atomic E-state index is 0.660. The fourth-order valence-corrected chi connectivity index (χ4v) is 3.73. The highest BCUT2D eigenvalue weighted by Gasteiger charge is 2.19. The van der Waals surface area contributed by atoms with E-state index in [9.17, 15) is 0 Å². The van der Waals surface area contributed by atoms with Crippen molar-refractivity contribution in [1.29, 1.82) is 0 Å². The monoisotopic (exact) mass is 275 g/mol. The van der Waals surface area contributed by atoms with Gasteiger partial charge >= 0.3 is 0 Å². The Morgan fingerprint density at radius 3 is 2.60 bits per heavy atom. The molecular formula is C17H29N3. The van der Waals surface area contributed by atoms with Crippen LogP contribution in [0.3, 0.4) is 0 Å². The Morgan fingerprint density at radius 2 is 1.85 bits per heavy atom. The molecule has 2 saturated carbocycles. The van der Waals surface area contributed by atoms with Crippen LogP contribution in [-0.2, 0) is 6.54 Å². The summed E-state index contributed by atoms with van der Waals surface area (Å²) in [4.78, 5) is 0. The van der Waals surface area contributed by atoms with Crippen LogP contribution in [0.25, 0.3) is 0 Å². The summed E-state index contributed by atoms with van der Waals surface area (Å²) in [6, 6.07) is 3.58. The van der Waals surface area contributed by atoms with Gasteiger partial charge in [0.15, 0.2) is 0 Å². The fourth-order valence-electron chi connectivity index (χ4n) is 3.73. The van der Waals surface area contributed by atoms with Crippen molar-refractivity contribution in [3.63, 3.8) is 0 Å². The van der Waals surface area contributed by atoms with Gasteiger partial charge in [0.25, 0.3) is 0 Å². The molecule has 0 aliphatic heterocycles. The van der Waals surface area contributed by atoms with Gasteiger partial charge in [-0.15, -0.1) is 0 Å². The van der Waals surface area contributed by atoms with Crippen molar-refractivity contribution in [3.05, 3.63) is 18.0 Å². The molecule has 3 heteroatoms. The molecule has 1 aromatic rings. The Morgan fingerprint density at radius 1 is 1.10 bits per heavy atom. The zero-order chi connectivity index (χ0) is 13.8. The Balaban J connectivity index is 1.47. The summed E-state index contributed by atoms with van der Waals surface area (Å²) < 4.78 is 2.22. The molecule has 0 bridgehead atoms. The first-order chi connectivity index (χ1) is 9.81. The van der Waals surface area contributed by atoms with Gasteiger partial charge in [-0.3, -0.25) is 4.68 Å². The molecule has 112 valence electrons. The third-order valence-electron chi connectivity index (χ3n) is 5.20. The highest BCUT2D eigenvalue weighted by atomic mass is 15.3. The van der Waals surface area contributed by atoms with Crippen molar-refractivity contribution in [1.82, 2.24) is 15.1 Å². The van der Waals surface area contributed by atoms with Crippen LogP contribution in [0.1, 0.15) is 76.4 Å². The fraction of sp³-hybridized carbons (Fsp3) is 0.824. The number of rotatable bonds is 4. The summed E-state index contributed by atoms with van der Waals surface area (Å²) in [6.45, 7) is 3.32. The van der Waals surface area contributed by atoms with Crippen molar-refractivity contribution < 1.29 is 0 Å². The van der Waals surface area contributed by atoms with E-state index >= 15 is 0 Å². The van der Waals surface area contributed by atoms with Crippen LogP contribution in [0, 0.1) is 5.92 Å². The van der Waals surface area contributed by atoms with Crippen LogP contribution in [0.4, 0.5) is 0 Å². The van der Waals surface area contributed by atoms with Gasteiger partial charge in [0, 0.05) is 18.8 Å². The van der Waals surface area contributed by atoms with Gasteiger partial charge < -0.3 is 5.32 Å². The zero-order valence-electron chi connectivity index (χ0n) is 12.9.